The number of primary amides is 1. The van der Waals surface area contributed by atoms with Gasteiger partial charge in [0.15, 0.2) is 0 Å². The number of amides is 2. The monoisotopic (exact) mass is 369 g/mol. The molecule has 1 aliphatic rings. The van der Waals surface area contributed by atoms with Gasteiger partial charge in [-0.25, -0.2) is 14.8 Å². The summed E-state index contributed by atoms with van der Waals surface area (Å²) in [5, 5.41) is 9.21. The maximum Gasteiger partial charge on any atom is 0.407 e. The lowest BCUT2D eigenvalue weighted by atomic mass is 9.96. The van der Waals surface area contributed by atoms with Crippen molar-refractivity contribution in [2.75, 3.05) is 31.1 Å². The molecule has 8 nitrogen and oxygen atoms in total. The minimum Gasteiger partial charge on any atom is -0.465 e. The van der Waals surface area contributed by atoms with Gasteiger partial charge in [0.2, 0.25) is 11.9 Å². The van der Waals surface area contributed by atoms with E-state index in [-0.39, 0.29) is 12.5 Å². The zero-order valence-corrected chi connectivity index (χ0v) is 15.0. The Morgan fingerprint density at radius 3 is 2.52 bits per heavy atom. The van der Waals surface area contributed by atoms with Gasteiger partial charge in [-0.3, -0.25) is 9.69 Å². The highest BCUT2D eigenvalue weighted by atomic mass is 16.4. The Bertz CT molecular complexity index is 791. The summed E-state index contributed by atoms with van der Waals surface area (Å²) < 4.78 is 0. The van der Waals surface area contributed by atoms with E-state index in [2.05, 4.69) is 14.9 Å². The smallest absolute Gasteiger partial charge is 0.407 e. The molecule has 0 saturated carbocycles. The van der Waals surface area contributed by atoms with E-state index in [1.54, 1.807) is 6.20 Å². The molecule has 0 atom stereocenters. The average Bonchev–Trinajstić information content (AvgIpc) is 2.68. The SMILES string of the molecule is NC(=O)CN(CC1CCN(c2nccc(-c3ccccc3)n2)CC1)C(=O)O. The summed E-state index contributed by atoms with van der Waals surface area (Å²) in [7, 11) is 0. The maximum atomic E-state index is 11.3. The Morgan fingerprint density at radius 2 is 1.89 bits per heavy atom. The number of nitrogens with zero attached hydrogens (tertiary/aromatic N) is 4. The molecule has 1 aliphatic heterocycles. The van der Waals surface area contributed by atoms with Crippen molar-refractivity contribution in [3.8, 4) is 11.3 Å². The Labute approximate surface area is 157 Å². The summed E-state index contributed by atoms with van der Waals surface area (Å²) in [6, 6.07) is 11.8. The molecule has 3 rings (SSSR count). The Hall–Kier alpha value is -3.16. The molecular formula is C19H23N5O3. The van der Waals surface area contributed by atoms with Gasteiger partial charge in [-0.05, 0) is 24.8 Å². The summed E-state index contributed by atoms with van der Waals surface area (Å²) in [6.45, 7) is 1.54. The number of carbonyl (C=O) groups excluding carboxylic acids is 1. The molecule has 0 bridgehead atoms. The highest BCUT2D eigenvalue weighted by Crippen LogP contribution is 2.24. The van der Waals surface area contributed by atoms with Crippen molar-refractivity contribution in [3.63, 3.8) is 0 Å². The van der Waals surface area contributed by atoms with Gasteiger partial charge in [-0.2, -0.15) is 0 Å². The standard InChI is InChI=1S/C19H23N5O3/c20-17(25)13-24(19(26)27)12-14-7-10-23(11-8-14)18-21-9-6-16(22-18)15-4-2-1-3-5-15/h1-6,9,14H,7-8,10-13H2,(H2,20,25)(H,26,27). The van der Waals surface area contributed by atoms with Crippen molar-refractivity contribution >= 4 is 17.9 Å². The predicted molar refractivity (Wildman–Crippen MR) is 101 cm³/mol. The molecule has 2 aromatic rings. The molecule has 1 aromatic heterocycles. The number of rotatable bonds is 6. The number of aromatic nitrogens is 2. The van der Waals surface area contributed by atoms with Crippen molar-refractivity contribution in [3.05, 3.63) is 42.6 Å². The Balaban J connectivity index is 1.61. The van der Waals surface area contributed by atoms with Crippen LogP contribution in [0.3, 0.4) is 0 Å². The second kappa shape index (κ2) is 8.48. The van der Waals surface area contributed by atoms with Gasteiger partial charge in [0, 0.05) is 31.4 Å². The molecular weight excluding hydrogens is 346 g/mol. The lowest BCUT2D eigenvalue weighted by molar-refractivity contribution is -0.119. The second-order valence-corrected chi connectivity index (χ2v) is 6.67. The van der Waals surface area contributed by atoms with Crippen LogP contribution in [0.15, 0.2) is 42.6 Å². The Morgan fingerprint density at radius 1 is 1.19 bits per heavy atom. The lowest BCUT2D eigenvalue weighted by Gasteiger charge is -2.34. The number of anilines is 1. The van der Waals surface area contributed by atoms with Gasteiger partial charge in [-0.15, -0.1) is 0 Å². The zero-order chi connectivity index (χ0) is 19.2. The van der Waals surface area contributed by atoms with E-state index in [1.165, 1.54) is 0 Å². The number of carboxylic acid groups (broad SMARTS) is 1. The molecule has 0 radical (unpaired) electrons. The van der Waals surface area contributed by atoms with E-state index in [0.29, 0.717) is 12.5 Å². The third-order valence-electron chi connectivity index (χ3n) is 4.71. The molecule has 142 valence electrons. The molecule has 27 heavy (non-hydrogen) atoms. The van der Waals surface area contributed by atoms with Crippen molar-refractivity contribution in [2.45, 2.75) is 12.8 Å². The third-order valence-corrected chi connectivity index (χ3v) is 4.71. The van der Waals surface area contributed by atoms with Crippen LogP contribution in [0.4, 0.5) is 10.7 Å². The number of carbonyl (C=O) groups is 2. The summed E-state index contributed by atoms with van der Waals surface area (Å²) >= 11 is 0. The molecule has 1 aromatic carbocycles. The Kier molecular flexibility index (Phi) is 5.85. The quantitative estimate of drug-likeness (QED) is 0.803. The van der Waals surface area contributed by atoms with Gasteiger partial charge < -0.3 is 15.7 Å². The first-order valence-electron chi connectivity index (χ1n) is 8.92. The van der Waals surface area contributed by atoms with Gasteiger partial charge in [0.05, 0.1) is 5.69 Å². The topological polar surface area (TPSA) is 113 Å². The van der Waals surface area contributed by atoms with E-state index >= 15 is 0 Å². The molecule has 2 amide bonds. The van der Waals surface area contributed by atoms with Crippen LogP contribution in [0.2, 0.25) is 0 Å². The van der Waals surface area contributed by atoms with Gasteiger partial charge >= 0.3 is 6.09 Å². The fourth-order valence-corrected chi connectivity index (χ4v) is 3.30. The highest BCUT2D eigenvalue weighted by Gasteiger charge is 2.25. The van der Waals surface area contributed by atoms with Crippen molar-refractivity contribution in [2.24, 2.45) is 11.7 Å². The summed E-state index contributed by atoms with van der Waals surface area (Å²) in [6.07, 6.45) is 2.26. The largest absolute Gasteiger partial charge is 0.465 e. The van der Waals surface area contributed by atoms with Gasteiger partial charge in [0.1, 0.15) is 6.54 Å². The number of hydrogen-bond acceptors (Lipinski definition) is 5. The molecule has 1 fully saturated rings. The van der Waals surface area contributed by atoms with E-state index in [0.717, 1.165) is 42.1 Å². The van der Waals surface area contributed by atoms with E-state index < -0.39 is 12.0 Å². The first-order chi connectivity index (χ1) is 13.0. The van der Waals surface area contributed by atoms with E-state index in [9.17, 15) is 14.7 Å². The summed E-state index contributed by atoms with van der Waals surface area (Å²) in [5.41, 5.74) is 7.05. The van der Waals surface area contributed by atoms with Gasteiger partial charge in [-0.1, -0.05) is 30.3 Å². The summed E-state index contributed by atoms with van der Waals surface area (Å²) in [4.78, 5) is 34.6. The zero-order valence-electron chi connectivity index (χ0n) is 15.0. The molecule has 0 unspecified atom stereocenters. The van der Waals surface area contributed by atoms with Crippen molar-refractivity contribution in [1.29, 1.82) is 0 Å². The van der Waals surface area contributed by atoms with Crippen molar-refractivity contribution < 1.29 is 14.7 Å². The number of hydrogen-bond donors (Lipinski definition) is 2. The van der Waals surface area contributed by atoms with Crippen LogP contribution in [0, 0.1) is 5.92 Å². The third kappa shape index (κ3) is 4.93. The molecule has 2 heterocycles. The molecule has 0 spiro atoms. The molecule has 1 saturated heterocycles. The normalized spacial score (nSPS) is 14.7. The maximum absolute atomic E-state index is 11.3. The van der Waals surface area contributed by atoms with Crippen LogP contribution in [0.25, 0.3) is 11.3 Å². The fourth-order valence-electron chi connectivity index (χ4n) is 3.30. The van der Waals surface area contributed by atoms with E-state index in [4.69, 9.17) is 5.73 Å². The predicted octanol–water partition coefficient (Wildman–Crippen LogP) is 1.83. The number of benzene rings is 1. The average molecular weight is 369 g/mol. The molecule has 8 heteroatoms. The highest BCUT2D eigenvalue weighted by molar-refractivity contribution is 5.80. The first-order valence-corrected chi connectivity index (χ1v) is 8.92. The lowest BCUT2D eigenvalue weighted by Crippen LogP contribution is -2.44. The first kappa shape index (κ1) is 18.6. The van der Waals surface area contributed by atoms with Crippen LogP contribution in [0.5, 0.6) is 0 Å². The number of piperidine rings is 1. The number of nitrogens with two attached hydrogens (primary N) is 1. The van der Waals surface area contributed by atoms with Crippen LogP contribution < -0.4 is 10.6 Å². The van der Waals surface area contributed by atoms with Crippen LogP contribution in [-0.2, 0) is 4.79 Å². The molecule has 0 aliphatic carbocycles. The minimum atomic E-state index is -1.12. The van der Waals surface area contributed by atoms with Gasteiger partial charge in [0.25, 0.3) is 0 Å². The molecule has 3 N–H and O–H groups in total. The van der Waals surface area contributed by atoms with Crippen LogP contribution in [-0.4, -0.2) is 58.2 Å². The van der Waals surface area contributed by atoms with Crippen LogP contribution in [0.1, 0.15) is 12.8 Å². The fraction of sp³-hybridized carbons (Fsp3) is 0.368. The van der Waals surface area contributed by atoms with E-state index in [1.807, 2.05) is 36.4 Å². The summed E-state index contributed by atoms with van der Waals surface area (Å²) in [5.74, 6) is 0.233. The van der Waals surface area contributed by atoms with Crippen LogP contribution >= 0.6 is 0 Å². The second-order valence-electron chi connectivity index (χ2n) is 6.67. The minimum absolute atomic E-state index is 0.189. The van der Waals surface area contributed by atoms with Crippen molar-refractivity contribution in [1.82, 2.24) is 14.9 Å².